The first kappa shape index (κ1) is 25.0. The van der Waals surface area contributed by atoms with E-state index in [0.717, 1.165) is 28.8 Å². The highest BCUT2D eigenvalue weighted by Crippen LogP contribution is 2.31. The molecule has 0 bridgehead atoms. The highest BCUT2D eigenvalue weighted by molar-refractivity contribution is 6.33. The fourth-order valence-electron chi connectivity index (χ4n) is 2.59. The van der Waals surface area contributed by atoms with Gasteiger partial charge in [0.05, 0.1) is 43.3 Å². The lowest BCUT2D eigenvalue weighted by Crippen LogP contribution is -3.00. The van der Waals surface area contributed by atoms with Crippen LogP contribution in [0.5, 0.6) is 0 Å². The van der Waals surface area contributed by atoms with Crippen molar-refractivity contribution in [1.82, 2.24) is 5.32 Å². The summed E-state index contributed by atoms with van der Waals surface area (Å²) in [7, 11) is 6.52. The van der Waals surface area contributed by atoms with Gasteiger partial charge in [0.25, 0.3) is 5.69 Å². The van der Waals surface area contributed by atoms with Gasteiger partial charge in [-0.2, -0.15) is 5.11 Å². The Morgan fingerprint density at radius 3 is 2.31 bits per heavy atom. The maximum Gasteiger partial charge on any atom is 0.271 e. The van der Waals surface area contributed by atoms with Gasteiger partial charge in [-0.25, -0.2) is 0 Å². The number of rotatable bonds is 8. The zero-order valence-electron chi connectivity index (χ0n) is 17.3. The van der Waals surface area contributed by atoms with Gasteiger partial charge < -0.3 is 22.2 Å². The van der Waals surface area contributed by atoms with E-state index in [1.807, 2.05) is 19.1 Å². The number of likely N-dealkylation sites (N-methyl/N-ethyl adjacent to an activating group) is 1. The molecule has 0 saturated carbocycles. The Kier molecular flexibility index (Phi) is 9.16. The molecular formula is C20H27Cl2N5O2. The number of azo groups is 1. The number of hydrogen-bond acceptors (Lipinski definition) is 5. The molecule has 0 aliphatic rings. The Labute approximate surface area is 182 Å². The van der Waals surface area contributed by atoms with Crippen molar-refractivity contribution in [1.29, 1.82) is 0 Å². The van der Waals surface area contributed by atoms with E-state index in [0.29, 0.717) is 5.69 Å². The molecule has 2 rings (SSSR count). The Hall–Kier alpha value is -2.06. The van der Waals surface area contributed by atoms with E-state index in [1.54, 1.807) is 0 Å². The van der Waals surface area contributed by atoms with Gasteiger partial charge in [-0.15, -0.1) is 5.11 Å². The predicted octanol–water partition coefficient (Wildman–Crippen LogP) is 2.33. The molecule has 0 heterocycles. The van der Waals surface area contributed by atoms with Crippen molar-refractivity contribution in [3.8, 4) is 0 Å². The normalized spacial score (nSPS) is 12.6. The van der Waals surface area contributed by atoms with Crippen LogP contribution in [0.25, 0.3) is 0 Å². The number of hydrogen-bond donors (Lipinski definition) is 1. The number of nitrogens with zero attached hydrogens (tertiary/aromatic N) is 4. The second-order valence-electron chi connectivity index (χ2n) is 7.83. The zero-order valence-corrected chi connectivity index (χ0v) is 18.8. The standard InChI is InChI=1S/C20H27ClN5O2.ClH/c1-14-12-16(15(2)22-10-11-26(3,4)5)6-8-19(14)23-24-20-9-7-17(25(27)28)13-18(20)21;/h6-9,12-13,15,22H,10-11H2,1-5H3;1H/q+1;/p-1. The number of nitro groups is 1. The summed E-state index contributed by atoms with van der Waals surface area (Å²) in [4.78, 5) is 10.3. The fourth-order valence-corrected chi connectivity index (χ4v) is 2.81. The number of quaternary nitrogens is 1. The summed E-state index contributed by atoms with van der Waals surface area (Å²) >= 11 is 6.06. The number of nitro benzene ring substituents is 1. The van der Waals surface area contributed by atoms with Crippen LogP contribution in [0.1, 0.15) is 24.1 Å². The molecule has 29 heavy (non-hydrogen) atoms. The third kappa shape index (κ3) is 7.70. The smallest absolute Gasteiger partial charge is 0.271 e. The third-order valence-electron chi connectivity index (χ3n) is 4.36. The van der Waals surface area contributed by atoms with Crippen LogP contribution in [-0.4, -0.2) is 43.6 Å². The number of halogens is 2. The quantitative estimate of drug-likeness (QED) is 0.296. The summed E-state index contributed by atoms with van der Waals surface area (Å²) in [5, 5.41) is 22.9. The summed E-state index contributed by atoms with van der Waals surface area (Å²) < 4.78 is 0.920. The van der Waals surface area contributed by atoms with Gasteiger partial charge >= 0.3 is 0 Å². The van der Waals surface area contributed by atoms with Crippen molar-refractivity contribution in [3.63, 3.8) is 0 Å². The van der Waals surface area contributed by atoms with Crippen LogP contribution < -0.4 is 17.7 Å². The van der Waals surface area contributed by atoms with Gasteiger partial charge in [0.2, 0.25) is 0 Å². The number of benzene rings is 2. The summed E-state index contributed by atoms with van der Waals surface area (Å²) in [6.45, 7) is 6.10. The van der Waals surface area contributed by atoms with E-state index in [1.165, 1.54) is 23.8 Å². The van der Waals surface area contributed by atoms with Crippen molar-refractivity contribution >= 4 is 28.7 Å². The van der Waals surface area contributed by atoms with E-state index in [9.17, 15) is 10.1 Å². The molecule has 1 atom stereocenters. The summed E-state index contributed by atoms with van der Waals surface area (Å²) in [5.74, 6) is 0. The second-order valence-corrected chi connectivity index (χ2v) is 8.24. The lowest BCUT2D eigenvalue weighted by Gasteiger charge is -2.25. The molecule has 0 aliphatic carbocycles. The molecule has 0 fully saturated rings. The Morgan fingerprint density at radius 2 is 1.76 bits per heavy atom. The van der Waals surface area contributed by atoms with Crippen LogP contribution in [0.2, 0.25) is 5.02 Å². The van der Waals surface area contributed by atoms with Crippen LogP contribution >= 0.6 is 11.6 Å². The summed E-state index contributed by atoms with van der Waals surface area (Å²) in [6, 6.07) is 10.4. The highest BCUT2D eigenvalue weighted by atomic mass is 35.5. The molecule has 0 aliphatic heterocycles. The number of non-ortho nitro benzene ring substituents is 1. The van der Waals surface area contributed by atoms with Crippen molar-refractivity contribution in [2.75, 3.05) is 34.2 Å². The van der Waals surface area contributed by atoms with Crippen LogP contribution in [-0.2, 0) is 0 Å². The molecule has 7 nitrogen and oxygen atoms in total. The predicted molar refractivity (Wildman–Crippen MR) is 113 cm³/mol. The molecule has 2 aromatic rings. The minimum absolute atomic E-state index is 0. The minimum Gasteiger partial charge on any atom is -1.00 e. The molecule has 0 spiro atoms. The average molecular weight is 440 g/mol. The van der Waals surface area contributed by atoms with Gasteiger partial charge in [0.15, 0.2) is 0 Å². The van der Waals surface area contributed by atoms with Gasteiger partial charge in [-0.3, -0.25) is 10.1 Å². The van der Waals surface area contributed by atoms with E-state index >= 15 is 0 Å². The number of nitrogens with one attached hydrogen (secondary N) is 1. The molecule has 0 radical (unpaired) electrons. The van der Waals surface area contributed by atoms with Crippen LogP contribution in [0.3, 0.4) is 0 Å². The molecule has 0 aromatic heterocycles. The molecule has 2 aromatic carbocycles. The van der Waals surface area contributed by atoms with Crippen molar-refractivity contribution < 1.29 is 21.8 Å². The molecule has 0 amide bonds. The van der Waals surface area contributed by atoms with E-state index < -0.39 is 4.92 Å². The van der Waals surface area contributed by atoms with Crippen molar-refractivity contribution in [3.05, 3.63) is 62.7 Å². The Bertz CT molecular complexity index is 882. The fraction of sp³-hybridized carbons (Fsp3) is 0.400. The largest absolute Gasteiger partial charge is 1.00 e. The lowest BCUT2D eigenvalue weighted by molar-refractivity contribution is -0.869. The number of aryl methyl sites for hydroxylation is 1. The first-order chi connectivity index (χ1) is 13.1. The van der Waals surface area contributed by atoms with Crippen LogP contribution in [0.15, 0.2) is 46.6 Å². The topological polar surface area (TPSA) is 79.9 Å². The Morgan fingerprint density at radius 1 is 1.14 bits per heavy atom. The zero-order chi connectivity index (χ0) is 20.9. The van der Waals surface area contributed by atoms with Gasteiger partial charge in [0.1, 0.15) is 5.69 Å². The van der Waals surface area contributed by atoms with Crippen LogP contribution in [0.4, 0.5) is 17.1 Å². The van der Waals surface area contributed by atoms with E-state index in [2.05, 4.69) is 49.7 Å². The first-order valence-corrected chi connectivity index (χ1v) is 9.45. The van der Waals surface area contributed by atoms with Crippen LogP contribution in [0, 0.1) is 17.0 Å². The van der Waals surface area contributed by atoms with Crippen molar-refractivity contribution in [2.24, 2.45) is 10.2 Å². The molecule has 9 heteroatoms. The monoisotopic (exact) mass is 439 g/mol. The van der Waals surface area contributed by atoms with Gasteiger partial charge in [0, 0.05) is 24.7 Å². The third-order valence-corrected chi connectivity index (χ3v) is 4.66. The van der Waals surface area contributed by atoms with Gasteiger partial charge in [-0.1, -0.05) is 23.7 Å². The molecule has 0 saturated heterocycles. The molecule has 1 N–H and O–H groups in total. The molecule has 158 valence electrons. The lowest BCUT2D eigenvalue weighted by atomic mass is 10.0. The summed E-state index contributed by atoms with van der Waals surface area (Å²) in [5.41, 5.74) is 3.24. The van der Waals surface area contributed by atoms with Crippen molar-refractivity contribution in [2.45, 2.75) is 19.9 Å². The highest BCUT2D eigenvalue weighted by Gasteiger charge is 2.11. The average Bonchev–Trinajstić information content (AvgIpc) is 2.60. The SMILES string of the molecule is Cc1cc(C(C)NCC[N+](C)(C)C)ccc1N=Nc1ccc([N+](=O)[O-])cc1Cl.[Cl-]. The molecular weight excluding hydrogens is 413 g/mol. The summed E-state index contributed by atoms with van der Waals surface area (Å²) in [6.07, 6.45) is 0. The van der Waals surface area contributed by atoms with E-state index in [-0.39, 0.29) is 29.2 Å². The molecule has 1 unspecified atom stereocenters. The first-order valence-electron chi connectivity index (χ1n) is 9.07. The Balaban J connectivity index is 0.00000420. The van der Waals surface area contributed by atoms with E-state index in [4.69, 9.17) is 11.6 Å². The minimum atomic E-state index is -0.495. The van der Waals surface area contributed by atoms with Gasteiger partial charge in [-0.05, 0) is 37.1 Å². The maximum absolute atomic E-state index is 10.8. The second kappa shape index (κ2) is 10.6. The maximum atomic E-state index is 10.8.